The first-order valence-electron chi connectivity index (χ1n) is 6.99. The van der Waals surface area contributed by atoms with Crippen LogP contribution in [0.25, 0.3) is 22.2 Å². The molecular weight excluding hydrogens is 278 g/mol. The van der Waals surface area contributed by atoms with E-state index >= 15 is 0 Å². The molecule has 0 saturated heterocycles. The van der Waals surface area contributed by atoms with Gasteiger partial charge in [0, 0.05) is 19.7 Å². The van der Waals surface area contributed by atoms with Gasteiger partial charge in [-0.1, -0.05) is 12.1 Å². The van der Waals surface area contributed by atoms with E-state index in [2.05, 4.69) is 9.97 Å². The Morgan fingerprint density at radius 1 is 1.23 bits per heavy atom. The van der Waals surface area contributed by atoms with Crippen LogP contribution >= 0.6 is 0 Å². The lowest BCUT2D eigenvalue weighted by Crippen LogP contribution is -2.21. The molecule has 112 valence electrons. The monoisotopic (exact) mass is 295 g/mol. The van der Waals surface area contributed by atoms with E-state index in [-0.39, 0.29) is 12.5 Å². The van der Waals surface area contributed by atoms with Crippen molar-refractivity contribution in [2.75, 3.05) is 14.1 Å². The number of hydrogen-bond donors (Lipinski definition) is 2. The first-order chi connectivity index (χ1) is 10.6. The summed E-state index contributed by atoms with van der Waals surface area (Å²) in [5.41, 5.74) is 4.96. The van der Waals surface area contributed by atoms with E-state index in [1.165, 1.54) is 4.90 Å². The molecular formula is C17H17N3O2. The average molecular weight is 295 g/mol. The Labute approximate surface area is 128 Å². The number of aliphatic hydroxyl groups excluding tert-OH is 1. The van der Waals surface area contributed by atoms with E-state index in [1.807, 2.05) is 24.3 Å². The first kappa shape index (κ1) is 14.3. The van der Waals surface area contributed by atoms with E-state index < -0.39 is 0 Å². The Balaban J connectivity index is 2.14. The van der Waals surface area contributed by atoms with Crippen molar-refractivity contribution in [3.63, 3.8) is 0 Å². The molecule has 0 aliphatic rings. The van der Waals surface area contributed by atoms with Gasteiger partial charge in [0.2, 0.25) is 0 Å². The molecule has 0 saturated carbocycles. The summed E-state index contributed by atoms with van der Waals surface area (Å²) in [7, 11) is 3.44. The third-order valence-corrected chi connectivity index (χ3v) is 3.67. The number of imidazole rings is 1. The zero-order chi connectivity index (χ0) is 15.7. The molecule has 1 aromatic heterocycles. The number of hydrogen-bond acceptors (Lipinski definition) is 3. The number of fused-ring (bicyclic) bond motifs is 1. The van der Waals surface area contributed by atoms with Crippen molar-refractivity contribution in [1.29, 1.82) is 0 Å². The highest BCUT2D eigenvalue weighted by molar-refractivity contribution is 5.96. The largest absolute Gasteiger partial charge is 0.392 e. The van der Waals surface area contributed by atoms with Gasteiger partial charge in [-0.15, -0.1) is 0 Å². The summed E-state index contributed by atoms with van der Waals surface area (Å²) >= 11 is 0. The third kappa shape index (κ3) is 2.46. The molecule has 0 unspecified atom stereocenters. The van der Waals surface area contributed by atoms with E-state index in [9.17, 15) is 9.90 Å². The molecule has 0 aliphatic carbocycles. The Morgan fingerprint density at radius 2 is 2.05 bits per heavy atom. The molecule has 0 fully saturated rings. The third-order valence-electron chi connectivity index (χ3n) is 3.67. The fourth-order valence-electron chi connectivity index (χ4n) is 2.47. The van der Waals surface area contributed by atoms with E-state index in [0.717, 1.165) is 27.7 Å². The fourth-order valence-corrected chi connectivity index (χ4v) is 2.47. The number of benzene rings is 2. The first-order valence-corrected chi connectivity index (χ1v) is 6.99. The van der Waals surface area contributed by atoms with Gasteiger partial charge in [-0.25, -0.2) is 4.98 Å². The smallest absolute Gasteiger partial charge is 0.253 e. The summed E-state index contributed by atoms with van der Waals surface area (Å²) in [5, 5.41) is 9.57. The van der Waals surface area contributed by atoms with Crippen molar-refractivity contribution in [1.82, 2.24) is 14.9 Å². The minimum Gasteiger partial charge on any atom is -0.392 e. The van der Waals surface area contributed by atoms with Gasteiger partial charge in [-0.3, -0.25) is 4.79 Å². The van der Waals surface area contributed by atoms with Crippen LogP contribution in [-0.2, 0) is 6.61 Å². The molecule has 5 heteroatoms. The highest BCUT2D eigenvalue weighted by atomic mass is 16.3. The van der Waals surface area contributed by atoms with Gasteiger partial charge in [0.1, 0.15) is 0 Å². The van der Waals surface area contributed by atoms with Crippen molar-refractivity contribution in [2.45, 2.75) is 6.61 Å². The molecule has 5 nitrogen and oxygen atoms in total. The van der Waals surface area contributed by atoms with Crippen molar-refractivity contribution in [3.8, 4) is 11.1 Å². The Bertz CT molecular complexity index is 837. The molecule has 0 bridgehead atoms. The highest BCUT2D eigenvalue weighted by Gasteiger charge is 2.13. The van der Waals surface area contributed by atoms with E-state index in [1.54, 1.807) is 32.6 Å². The number of amides is 1. The zero-order valence-corrected chi connectivity index (χ0v) is 12.5. The summed E-state index contributed by atoms with van der Waals surface area (Å²) in [6.45, 7) is -0.0790. The van der Waals surface area contributed by atoms with Crippen LogP contribution < -0.4 is 0 Å². The normalized spacial score (nSPS) is 10.9. The minimum atomic E-state index is -0.0790. The summed E-state index contributed by atoms with van der Waals surface area (Å²) < 4.78 is 0. The van der Waals surface area contributed by atoms with Crippen LogP contribution in [0.4, 0.5) is 0 Å². The molecule has 0 radical (unpaired) electrons. The Kier molecular flexibility index (Phi) is 3.65. The van der Waals surface area contributed by atoms with Crippen LogP contribution in [-0.4, -0.2) is 40.0 Å². The summed E-state index contributed by atoms with van der Waals surface area (Å²) in [5.74, 6) is -0.0633. The molecule has 0 aliphatic heterocycles. The number of carbonyl (C=O) groups excluding carboxylic acids is 1. The van der Waals surface area contributed by atoms with Gasteiger partial charge < -0.3 is 15.0 Å². The predicted molar refractivity (Wildman–Crippen MR) is 85.5 cm³/mol. The fraction of sp³-hybridized carbons (Fsp3) is 0.176. The topological polar surface area (TPSA) is 69.2 Å². The number of carbonyl (C=O) groups is 1. The second kappa shape index (κ2) is 5.61. The molecule has 22 heavy (non-hydrogen) atoms. The molecule has 3 rings (SSSR count). The summed E-state index contributed by atoms with van der Waals surface area (Å²) in [4.78, 5) is 21.0. The maximum Gasteiger partial charge on any atom is 0.253 e. The summed E-state index contributed by atoms with van der Waals surface area (Å²) in [6.07, 6.45) is 1.65. The van der Waals surface area contributed by atoms with Crippen LogP contribution in [0, 0.1) is 0 Å². The van der Waals surface area contributed by atoms with Gasteiger partial charge in [0.15, 0.2) is 0 Å². The van der Waals surface area contributed by atoms with E-state index in [0.29, 0.717) is 5.56 Å². The second-order valence-corrected chi connectivity index (χ2v) is 5.36. The lowest BCUT2D eigenvalue weighted by Gasteiger charge is -2.14. The molecule has 0 spiro atoms. The number of rotatable bonds is 3. The van der Waals surface area contributed by atoms with Crippen LogP contribution in [0.1, 0.15) is 15.9 Å². The molecule has 2 aromatic carbocycles. The Hall–Kier alpha value is -2.66. The average Bonchev–Trinajstić information content (AvgIpc) is 3.00. The maximum absolute atomic E-state index is 12.1. The van der Waals surface area contributed by atoms with Gasteiger partial charge in [-0.05, 0) is 41.0 Å². The standard InChI is InChI=1S/C17H17N3O2/c1-20(2)17(22)12-3-4-13(9-21)14(7-12)11-5-6-15-16(8-11)19-10-18-15/h3-8,10,21H,9H2,1-2H3,(H,18,19). The molecule has 0 atom stereocenters. The SMILES string of the molecule is CN(C)C(=O)c1ccc(CO)c(-c2ccc3[nH]cnc3c2)c1. The van der Waals surface area contributed by atoms with Gasteiger partial charge >= 0.3 is 0 Å². The van der Waals surface area contributed by atoms with Crippen LogP contribution in [0.5, 0.6) is 0 Å². The minimum absolute atomic E-state index is 0.0633. The highest BCUT2D eigenvalue weighted by Crippen LogP contribution is 2.28. The number of nitrogens with one attached hydrogen (secondary N) is 1. The lowest BCUT2D eigenvalue weighted by molar-refractivity contribution is 0.0827. The number of H-pyrrole nitrogens is 1. The molecule has 3 aromatic rings. The van der Waals surface area contributed by atoms with Crippen LogP contribution in [0.3, 0.4) is 0 Å². The van der Waals surface area contributed by atoms with Crippen molar-refractivity contribution >= 4 is 16.9 Å². The zero-order valence-electron chi connectivity index (χ0n) is 12.5. The number of aliphatic hydroxyl groups is 1. The molecule has 1 heterocycles. The van der Waals surface area contributed by atoms with Gasteiger partial charge in [-0.2, -0.15) is 0 Å². The number of nitrogens with zero attached hydrogens (tertiary/aromatic N) is 2. The number of aromatic nitrogens is 2. The quantitative estimate of drug-likeness (QED) is 0.779. The van der Waals surface area contributed by atoms with Gasteiger partial charge in [0.25, 0.3) is 5.91 Å². The van der Waals surface area contributed by atoms with Gasteiger partial charge in [0.05, 0.1) is 24.0 Å². The predicted octanol–water partition coefficient (Wildman–Crippen LogP) is 2.42. The van der Waals surface area contributed by atoms with Crippen LogP contribution in [0.2, 0.25) is 0 Å². The van der Waals surface area contributed by atoms with Crippen molar-refractivity contribution in [3.05, 3.63) is 53.9 Å². The lowest BCUT2D eigenvalue weighted by atomic mass is 9.97. The Morgan fingerprint density at radius 3 is 2.77 bits per heavy atom. The van der Waals surface area contributed by atoms with Crippen LogP contribution in [0.15, 0.2) is 42.7 Å². The maximum atomic E-state index is 12.1. The van der Waals surface area contributed by atoms with Crippen molar-refractivity contribution < 1.29 is 9.90 Å². The summed E-state index contributed by atoms with van der Waals surface area (Å²) in [6, 6.07) is 11.2. The molecule has 2 N–H and O–H groups in total. The second-order valence-electron chi connectivity index (χ2n) is 5.36. The van der Waals surface area contributed by atoms with Crippen molar-refractivity contribution in [2.24, 2.45) is 0 Å². The molecule has 1 amide bonds. The van der Waals surface area contributed by atoms with E-state index in [4.69, 9.17) is 0 Å². The number of aromatic amines is 1.